The molecule has 2 aliphatic carbocycles. The summed E-state index contributed by atoms with van der Waals surface area (Å²) in [6.07, 6.45) is 8.50. The first-order chi connectivity index (χ1) is 8.19. The lowest BCUT2D eigenvalue weighted by molar-refractivity contribution is -0.164. The molecule has 92 valence electrons. The fourth-order valence-corrected chi connectivity index (χ4v) is 4.74. The van der Waals surface area contributed by atoms with Crippen LogP contribution in [0, 0.1) is 17.8 Å². The van der Waals surface area contributed by atoms with E-state index in [-0.39, 0.29) is 5.66 Å². The van der Waals surface area contributed by atoms with Crippen molar-refractivity contribution in [1.82, 2.24) is 5.06 Å². The molecule has 3 heterocycles. The SMILES string of the molecule is C=CC1=N[C@]2(C)C3C[C@H]4CC(C[C@@H](C3)C4)N2O1. The summed E-state index contributed by atoms with van der Waals surface area (Å²) in [5.74, 6) is 3.24. The van der Waals surface area contributed by atoms with E-state index < -0.39 is 0 Å². The summed E-state index contributed by atoms with van der Waals surface area (Å²) in [5.41, 5.74) is -0.113. The van der Waals surface area contributed by atoms with Gasteiger partial charge in [0.2, 0.25) is 5.90 Å². The van der Waals surface area contributed by atoms with Crippen LogP contribution in [-0.2, 0) is 4.84 Å². The standard InChI is InChI=1S/C14H20N2O/c1-3-13-15-14(2)11-5-9-4-10(6-11)8-12(7-9)16(14)17-13/h3,9-12H,1,4-8H2,2H3/t9-,10+,11?,12?,14-/m0/s1. The maximum Gasteiger partial charge on any atom is 0.235 e. The van der Waals surface area contributed by atoms with E-state index in [1.807, 2.05) is 0 Å². The van der Waals surface area contributed by atoms with Crippen LogP contribution in [0.15, 0.2) is 17.6 Å². The largest absolute Gasteiger partial charge is 0.383 e. The van der Waals surface area contributed by atoms with Gasteiger partial charge in [-0.1, -0.05) is 6.58 Å². The van der Waals surface area contributed by atoms with Gasteiger partial charge in [-0.05, 0) is 56.9 Å². The van der Waals surface area contributed by atoms with Crippen molar-refractivity contribution in [2.24, 2.45) is 22.7 Å². The number of hydrogen-bond acceptors (Lipinski definition) is 3. The average molecular weight is 232 g/mol. The van der Waals surface area contributed by atoms with Gasteiger partial charge in [0.1, 0.15) is 5.66 Å². The first kappa shape index (κ1) is 10.1. The van der Waals surface area contributed by atoms with E-state index in [0.717, 1.165) is 17.7 Å². The van der Waals surface area contributed by atoms with Gasteiger partial charge >= 0.3 is 0 Å². The van der Waals surface area contributed by atoms with Crippen LogP contribution in [0.3, 0.4) is 0 Å². The molecule has 3 aliphatic heterocycles. The summed E-state index contributed by atoms with van der Waals surface area (Å²) in [6, 6.07) is 0.581. The van der Waals surface area contributed by atoms with Crippen molar-refractivity contribution in [3.05, 3.63) is 12.7 Å². The van der Waals surface area contributed by atoms with Crippen LogP contribution in [0.5, 0.6) is 0 Å². The second kappa shape index (κ2) is 3.14. The van der Waals surface area contributed by atoms with Crippen LogP contribution in [0.4, 0.5) is 0 Å². The third kappa shape index (κ3) is 1.23. The topological polar surface area (TPSA) is 24.8 Å². The first-order valence-corrected chi connectivity index (χ1v) is 6.88. The Morgan fingerprint density at radius 1 is 1.29 bits per heavy atom. The summed E-state index contributed by atoms with van der Waals surface area (Å²) < 4.78 is 0. The molecule has 0 aromatic heterocycles. The van der Waals surface area contributed by atoms with E-state index in [1.54, 1.807) is 6.08 Å². The molecular weight excluding hydrogens is 212 g/mol. The minimum Gasteiger partial charge on any atom is -0.383 e. The van der Waals surface area contributed by atoms with Gasteiger partial charge in [-0.3, -0.25) is 0 Å². The third-order valence-corrected chi connectivity index (χ3v) is 5.37. The maximum absolute atomic E-state index is 5.95. The normalized spacial score (nSPS) is 51.7. The van der Waals surface area contributed by atoms with Crippen LogP contribution in [0.1, 0.15) is 39.0 Å². The third-order valence-electron chi connectivity index (χ3n) is 5.37. The maximum atomic E-state index is 5.95. The van der Waals surface area contributed by atoms with Gasteiger partial charge in [-0.25, -0.2) is 4.99 Å². The van der Waals surface area contributed by atoms with Crippen LogP contribution < -0.4 is 0 Å². The van der Waals surface area contributed by atoms with Crippen molar-refractivity contribution >= 4 is 5.90 Å². The van der Waals surface area contributed by atoms with Crippen molar-refractivity contribution in [2.45, 2.75) is 50.7 Å². The Labute approximate surface area is 102 Å². The molecule has 0 aromatic rings. The minimum absolute atomic E-state index is 0.113. The van der Waals surface area contributed by atoms with Crippen molar-refractivity contribution in [1.29, 1.82) is 0 Å². The predicted octanol–water partition coefficient (Wildman–Crippen LogP) is 2.74. The smallest absolute Gasteiger partial charge is 0.235 e. The molecule has 3 nitrogen and oxygen atoms in total. The number of hydroxylamine groups is 2. The fourth-order valence-electron chi connectivity index (χ4n) is 4.74. The molecular formula is C14H20N2O. The molecule has 4 fully saturated rings. The molecule has 0 amide bonds. The van der Waals surface area contributed by atoms with E-state index in [4.69, 9.17) is 9.83 Å². The van der Waals surface area contributed by atoms with Crippen LogP contribution in [0.2, 0.25) is 0 Å². The molecule has 2 unspecified atom stereocenters. The molecule has 5 rings (SSSR count). The van der Waals surface area contributed by atoms with Gasteiger partial charge in [-0.2, -0.15) is 0 Å². The van der Waals surface area contributed by atoms with Gasteiger partial charge in [0, 0.05) is 12.0 Å². The summed E-state index contributed by atoms with van der Waals surface area (Å²) in [5, 5.41) is 2.22. The lowest BCUT2D eigenvalue weighted by Crippen LogP contribution is -2.48. The molecule has 5 aliphatic rings. The Bertz CT molecular complexity index is 391. The molecule has 4 bridgehead atoms. The fraction of sp³-hybridized carbons (Fsp3) is 0.786. The summed E-state index contributed by atoms with van der Waals surface area (Å²) in [4.78, 5) is 10.8. The number of nitrogens with zero attached hydrogens (tertiary/aromatic N) is 2. The highest BCUT2D eigenvalue weighted by Gasteiger charge is 2.57. The van der Waals surface area contributed by atoms with E-state index in [9.17, 15) is 0 Å². The first-order valence-electron chi connectivity index (χ1n) is 6.88. The Morgan fingerprint density at radius 2 is 2.00 bits per heavy atom. The van der Waals surface area contributed by atoms with Gasteiger partial charge in [0.25, 0.3) is 0 Å². The van der Waals surface area contributed by atoms with Gasteiger partial charge in [0.15, 0.2) is 0 Å². The lowest BCUT2D eigenvalue weighted by atomic mass is 9.66. The van der Waals surface area contributed by atoms with Crippen molar-refractivity contribution in [3.63, 3.8) is 0 Å². The average Bonchev–Trinajstić information content (AvgIpc) is 2.61. The molecule has 5 atom stereocenters. The zero-order chi connectivity index (χ0) is 11.6. The lowest BCUT2D eigenvalue weighted by Gasteiger charge is -2.38. The minimum atomic E-state index is -0.113. The molecule has 0 aromatic carbocycles. The number of hydrogen-bond donors (Lipinski definition) is 0. The van der Waals surface area contributed by atoms with Gasteiger partial charge in [-0.15, -0.1) is 5.06 Å². The second-order valence-electron chi connectivity index (χ2n) is 6.43. The molecule has 3 heteroatoms. The highest BCUT2D eigenvalue weighted by Crippen LogP contribution is 2.55. The highest BCUT2D eigenvalue weighted by molar-refractivity contribution is 5.88. The molecule has 0 radical (unpaired) electrons. The van der Waals surface area contributed by atoms with Gasteiger partial charge < -0.3 is 4.84 Å². The van der Waals surface area contributed by atoms with Gasteiger partial charge in [0.05, 0.1) is 0 Å². The molecule has 2 saturated carbocycles. The van der Waals surface area contributed by atoms with Crippen molar-refractivity contribution in [2.75, 3.05) is 0 Å². The van der Waals surface area contributed by atoms with Crippen LogP contribution >= 0.6 is 0 Å². The van der Waals surface area contributed by atoms with Crippen molar-refractivity contribution in [3.8, 4) is 0 Å². The molecule has 0 N–H and O–H groups in total. The van der Waals surface area contributed by atoms with Crippen LogP contribution in [-0.4, -0.2) is 22.7 Å². The highest BCUT2D eigenvalue weighted by atomic mass is 16.7. The monoisotopic (exact) mass is 232 g/mol. The van der Waals surface area contributed by atoms with Crippen LogP contribution in [0.25, 0.3) is 0 Å². The zero-order valence-corrected chi connectivity index (χ0v) is 10.4. The van der Waals surface area contributed by atoms with E-state index in [0.29, 0.717) is 12.0 Å². The zero-order valence-electron chi connectivity index (χ0n) is 10.4. The van der Waals surface area contributed by atoms with Crippen molar-refractivity contribution < 1.29 is 4.84 Å². The Kier molecular flexibility index (Phi) is 1.87. The molecule has 0 spiro atoms. The second-order valence-corrected chi connectivity index (χ2v) is 6.43. The Morgan fingerprint density at radius 3 is 2.65 bits per heavy atom. The van der Waals surface area contributed by atoms with E-state index >= 15 is 0 Å². The Balaban J connectivity index is 1.80. The quantitative estimate of drug-likeness (QED) is 0.694. The summed E-state index contributed by atoms with van der Waals surface area (Å²) in [6.45, 7) is 6.05. The predicted molar refractivity (Wildman–Crippen MR) is 66.3 cm³/mol. The molecule has 2 saturated heterocycles. The summed E-state index contributed by atoms with van der Waals surface area (Å²) in [7, 11) is 0. The number of rotatable bonds is 1. The van der Waals surface area contributed by atoms with E-state index in [2.05, 4.69) is 18.6 Å². The molecule has 17 heavy (non-hydrogen) atoms. The summed E-state index contributed by atoms with van der Waals surface area (Å²) >= 11 is 0. The Hall–Kier alpha value is -0.830. The number of aliphatic imine (C=N–C) groups is 1. The van der Waals surface area contributed by atoms with E-state index in [1.165, 1.54) is 32.1 Å².